The van der Waals surface area contributed by atoms with Gasteiger partial charge >= 0.3 is 5.97 Å². The zero-order valence-corrected chi connectivity index (χ0v) is 17.0. The molecular formula is C23H22N6O2. The molecule has 31 heavy (non-hydrogen) atoms. The molecule has 2 fully saturated rings. The Morgan fingerprint density at radius 2 is 1.94 bits per heavy atom. The van der Waals surface area contributed by atoms with E-state index in [-0.39, 0.29) is 17.4 Å². The summed E-state index contributed by atoms with van der Waals surface area (Å²) in [4.78, 5) is 21.0. The highest BCUT2D eigenvalue weighted by atomic mass is 16.5. The van der Waals surface area contributed by atoms with Crippen molar-refractivity contribution in [1.82, 2.24) is 29.4 Å². The van der Waals surface area contributed by atoms with Gasteiger partial charge in [0.05, 0.1) is 23.8 Å². The summed E-state index contributed by atoms with van der Waals surface area (Å²) in [5, 5.41) is 9.25. The number of fused-ring (bicyclic) bond motifs is 1. The lowest BCUT2D eigenvalue weighted by atomic mass is 9.71. The van der Waals surface area contributed by atoms with Crippen molar-refractivity contribution in [2.45, 2.75) is 38.1 Å². The predicted octanol–water partition coefficient (Wildman–Crippen LogP) is 3.70. The average Bonchev–Trinajstić information content (AvgIpc) is 3.54. The normalized spacial score (nSPS) is 23.5. The van der Waals surface area contributed by atoms with Gasteiger partial charge in [-0.1, -0.05) is 6.07 Å². The van der Waals surface area contributed by atoms with E-state index < -0.39 is 0 Å². The SMILES string of the molecule is O=C1OCCC12CCC(n1cc(-c3ccc4ncnn4c3)c(-c3ccccn3)n1)CC2. The molecule has 156 valence electrons. The second kappa shape index (κ2) is 7.01. The molecule has 0 atom stereocenters. The molecule has 0 N–H and O–H groups in total. The Labute approximate surface area is 178 Å². The van der Waals surface area contributed by atoms with Gasteiger partial charge < -0.3 is 4.74 Å². The molecule has 6 rings (SSSR count). The predicted molar refractivity (Wildman–Crippen MR) is 113 cm³/mol. The third kappa shape index (κ3) is 3.01. The number of rotatable bonds is 3. The van der Waals surface area contributed by atoms with E-state index in [1.165, 1.54) is 0 Å². The quantitative estimate of drug-likeness (QED) is 0.475. The van der Waals surface area contributed by atoms with E-state index >= 15 is 0 Å². The van der Waals surface area contributed by atoms with Crippen molar-refractivity contribution in [2.75, 3.05) is 6.61 Å². The number of pyridine rings is 2. The third-order valence-corrected chi connectivity index (χ3v) is 6.76. The first-order valence-electron chi connectivity index (χ1n) is 10.7. The molecule has 0 radical (unpaired) electrons. The molecule has 0 bridgehead atoms. The molecule has 0 amide bonds. The molecule has 0 aromatic carbocycles. The van der Waals surface area contributed by atoms with Gasteiger partial charge in [-0.15, -0.1) is 0 Å². The minimum atomic E-state index is -0.269. The molecule has 1 spiro atoms. The molecule has 1 saturated heterocycles. The molecular weight excluding hydrogens is 392 g/mol. The zero-order valence-electron chi connectivity index (χ0n) is 17.0. The van der Waals surface area contributed by atoms with Crippen LogP contribution in [0.5, 0.6) is 0 Å². The summed E-state index contributed by atoms with van der Waals surface area (Å²) in [6.45, 7) is 0.560. The van der Waals surface area contributed by atoms with Crippen LogP contribution in [0.4, 0.5) is 0 Å². The monoisotopic (exact) mass is 414 g/mol. The van der Waals surface area contributed by atoms with E-state index in [0.29, 0.717) is 6.61 Å². The van der Waals surface area contributed by atoms with Crippen molar-refractivity contribution in [1.29, 1.82) is 0 Å². The summed E-state index contributed by atoms with van der Waals surface area (Å²) in [7, 11) is 0. The molecule has 5 heterocycles. The fraction of sp³-hybridized carbons (Fsp3) is 0.348. The molecule has 2 aliphatic rings. The van der Waals surface area contributed by atoms with Crippen molar-refractivity contribution >= 4 is 11.6 Å². The van der Waals surface area contributed by atoms with Crippen LogP contribution in [0.25, 0.3) is 28.2 Å². The molecule has 0 unspecified atom stereocenters. The Kier molecular flexibility index (Phi) is 4.12. The van der Waals surface area contributed by atoms with Gasteiger partial charge in [-0.2, -0.15) is 10.2 Å². The van der Waals surface area contributed by atoms with Crippen molar-refractivity contribution in [2.24, 2.45) is 5.41 Å². The Morgan fingerprint density at radius 1 is 1.03 bits per heavy atom. The summed E-state index contributed by atoms with van der Waals surface area (Å²) >= 11 is 0. The van der Waals surface area contributed by atoms with Crippen LogP contribution in [0.1, 0.15) is 38.1 Å². The van der Waals surface area contributed by atoms with Crippen molar-refractivity contribution in [3.05, 3.63) is 55.2 Å². The zero-order chi connectivity index (χ0) is 20.8. The minimum absolute atomic E-state index is 0.0117. The first-order chi connectivity index (χ1) is 15.2. The van der Waals surface area contributed by atoms with E-state index in [0.717, 1.165) is 60.3 Å². The molecule has 4 aromatic heterocycles. The smallest absolute Gasteiger partial charge is 0.312 e. The van der Waals surface area contributed by atoms with Gasteiger partial charge in [0, 0.05) is 29.7 Å². The standard InChI is InChI=1S/C23H22N6O2/c30-22-23(10-12-31-22)8-6-17(7-9-23)28-14-18(21(27-28)19-3-1-2-11-24-19)16-4-5-20-25-15-26-29(20)13-16/h1-5,11,13-15,17H,6-10,12H2. The van der Waals surface area contributed by atoms with E-state index in [9.17, 15) is 4.79 Å². The van der Waals surface area contributed by atoms with Crippen LogP contribution in [0.2, 0.25) is 0 Å². The van der Waals surface area contributed by atoms with Gasteiger partial charge in [-0.25, -0.2) is 9.50 Å². The van der Waals surface area contributed by atoms with Crippen molar-refractivity contribution in [3.8, 4) is 22.5 Å². The minimum Gasteiger partial charge on any atom is -0.465 e. The summed E-state index contributed by atoms with van der Waals surface area (Å²) in [6, 6.07) is 10.1. The van der Waals surface area contributed by atoms with Crippen molar-refractivity contribution in [3.63, 3.8) is 0 Å². The molecule has 1 aliphatic heterocycles. The lowest BCUT2D eigenvalue weighted by Crippen LogP contribution is -2.32. The maximum Gasteiger partial charge on any atom is 0.312 e. The lowest BCUT2D eigenvalue weighted by Gasteiger charge is -2.33. The number of aromatic nitrogens is 6. The van der Waals surface area contributed by atoms with Crippen LogP contribution in [0.3, 0.4) is 0 Å². The maximum absolute atomic E-state index is 12.2. The summed E-state index contributed by atoms with van der Waals surface area (Å²) < 4.78 is 9.11. The highest BCUT2D eigenvalue weighted by molar-refractivity contribution is 5.79. The fourth-order valence-electron chi connectivity index (χ4n) is 4.93. The first-order valence-corrected chi connectivity index (χ1v) is 10.7. The molecule has 1 saturated carbocycles. The second-order valence-electron chi connectivity index (χ2n) is 8.46. The van der Waals surface area contributed by atoms with Crippen LogP contribution in [0, 0.1) is 5.41 Å². The Balaban J connectivity index is 1.38. The number of hydrogen-bond donors (Lipinski definition) is 0. The van der Waals surface area contributed by atoms with Crippen LogP contribution in [-0.4, -0.2) is 41.9 Å². The number of nitrogens with zero attached hydrogens (tertiary/aromatic N) is 6. The molecule has 4 aromatic rings. The largest absolute Gasteiger partial charge is 0.465 e. The topological polar surface area (TPSA) is 87.2 Å². The lowest BCUT2D eigenvalue weighted by molar-refractivity contribution is -0.148. The second-order valence-corrected chi connectivity index (χ2v) is 8.46. The van der Waals surface area contributed by atoms with Gasteiger partial charge in [0.1, 0.15) is 12.0 Å². The van der Waals surface area contributed by atoms with E-state index in [2.05, 4.69) is 25.9 Å². The fourth-order valence-corrected chi connectivity index (χ4v) is 4.93. The van der Waals surface area contributed by atoms with E-state index in [1.54, 1.807) is 17.0 Å². The molecule has 8 nitrogen and oxygen atoms in total. The third-order valence-electron chi connectivity index (χ3n) is 6.76. The van der Waals surface area contributed by atoms with E-state index in [4.69, 9.17) is 9.84 Å². The van der Waals surface area contributed by atoms with Crippen LogP contribution in [0.15, 0.2) is 55.2 Å². The van der Waals surface area contributed by atoms with Gasteiger partial charge in [-0.3, -0.25) is 14.5 Å². The highest BCUT2D eigenvalue weighted by Crippen LogP contribution is 2.47. The summed E-state index contributed by atoms with van der Waals surface area (Å²) in [5.41, 5.74) is 4.24. The number of esters is 1. The van der Waals surface area contributed by atoms with Gasteiger partial charge in [0.15, 0.2) is 5.65 Å². The van der Waals surface area contributed by atoms with Crippen LogP contribution >= 0.6 is 0 Å². The summed E-state index contributed by atoms with van der Waals surface area (Å²) in [5.74, 6) is -0.0117. The Morgan fingerprint density at radius 3 is 2.71 bits per heavy atom. The highest BCUT2D eigenvalue weighted by Gasteiger charge is 2.47. The van der Waals surface area contributed by atoms with E-state index in [1.807, 2.05) is 36.5 Å². The first kappa shape index (κ1) is 18.2. The average molecular weight is 414 g/mol. The number of carbonyl (C=O) groups excluding carboxylic acids is 1. The summed E-state index contributed by atoms with van der Waals surface area (Å²) in [6.07, 6.45) is 11.8. The number of cyclic esters (lactones) is 1. The maximum atomic E-state index is 12.2. The Hall–Kier alpha value is -3.55. The van der Waals surface area contributed by atoms with Gasteiger partial charge in [0.25, 0.3) is 0 Å². The Bertz CT molecular complexity index is 1250. The number of ether oxygens (including phenoxy) is 1. The van der Waals surface area contributed by atoms with Crippen molar-refractivity contribution < 1.29 is 9.53 Å². The number of hydrogen-bond acceptors (Lipinski definition) is 6. The molecule has 1 aliphatic carbocycles. The van der Waals surface area contributed by atoms with Crippen LogP contribution < -0.4 is 0 Å². The molecule has 8 heteroatoms. The van der Waals surface area contributed by atoms with Crippen LogP contribution in [-0.2, 0) is 9.53 Å². The van der Waals surface area contributed by atoms with Gasteiger partial charge in [0.2, 0.25) is 0 Å². The number of carbonyl (C=O) groups is 1. The van der Waals surface area contributed by atoms with Gasteiger partial charge in [-0.05, 0) is 56.4 Å².